The second kappa shape index (κ2) is 8.49. The van der Waals surface area contributed by atoms with Gasteiger partial charge >= 0.3 is 5.69 Å². The number of nitrogens with zero attached hydrogens (tertiary/aromatic N) is 4. The Morgan fingerprint density at radius 2 is 1.64 bits per heavy atom. The largest absolute Gasteiger partial charge is 0.345 e. The molecule has 0 fully saturated rings. The van der Waals surface area contributed by atoms with E-state index < -0.39 is 0 Å². The van der Waals surface area contributed by atoms with Crippen molar-refractivity contribution in [3.63, 3.8) is 0 Å². The van der Waals surface area contributed by atoms with Crippen LogP contribution >= 0.6 is 15.9 Å². The SMILES string of the molecule is CCN(CC)CCCn1cc2c(c1-c1ccc(Br)cc1)c(=O)n(C)c(=O)n2C. The highest BCUT2D eigenvalue weighted by atomic mass is 79.9. The molecule has 0 unspecified atom stereocenters. The molecule has 0 aliphatic heterocycles. The molecule has 3 rings (SSSR count). The molecule has 0 amide bonds. The van der Waals surface area contributed by atoms with Gasteiger partial charge in [0.15, 0.2) is 0 Å². The van der Waals surface area contributed by atoms with E-state index in [1.54, 1.807) is 11.6 Å². The van der Waals surface area contributed by atoms with E-state index in [2.05, 4.69) is 39.2 Å². The molecule has 0 saturated heterocycles. The first-order valence-corrected chi connectivity index (χ1v) is 10.5. The molecule has 28 heavy (non-hydrogen) atoms. The Kier molecular flexibility index (Phi) is 6.25. The molecule has 150 valence electrons. The molecule has 2 aromatic heterocycles. The first-order chi connectivity index (χ1) is 13.4. The van der Waals surface area contributed by atoms with Gasteiger partial charge in [-0.25, -0.2) is 4.79 Å². The molecular formula is C21H27BrN4O2. The number of benzene rings is 1. The fourth-order valence-corrected chi connectivity index (χ4v) is 3.95. The standard InChI is InChI=1S/C21H27BrN4O2/c1-5-25(6-2)12-7-13-26-14-17-18(20(27)24(4)21(28)23(17)3)19(26)15-8-10-16(22)11-9-15/h8-11,14H,5-7,12-13H2,1-4H3. The Hall–Kier alpha value is -2.12. The molecule has 0 N–H and O–H groups in total. The Labute approximate surface area is 173 Å². The van der Waals surface area contributed by atoms with E-state index in [0.29, 0.717) is 10.9 Å². The monoisotopic (exact) mass is 446 g/mol. The third-order valence-corrected chi connectivity index (χ3v) is 5.93. The third kappa shape index (κ3) is 3.73. The topological polar surface area (TPSA) is 52.2 Å². The van der Waals surface area contributed by atoms with Gasteiger partial charge in [-0.05, 0) is 43.8 Å². The van der Waals surface area contributed by atoms with Crippen LogP contribution in [0.2, 0.25) is 0 Å². The van der Waals surface area contributed by atoms with E-state index in [1.165, 1.54) is 11.6 Å². The van der Waals surface area contributed by atoms with Crippen LogP contribution in [0.1, 0.15) is 20.3 Å². The molecular weight excluding hydrogens is 420 g/mol. The molecule has 0 saturated carbocycles. The maximum atomic E-state index is 13.0. The fraction of sp³-hybridized carbons (Fsp3) is 0.429. The average Bonchev–Trinajstić information content (AvgIpc) is 3.08. The minimum Gasteiger partial charge on any atom is -0.345 e. The van der Waals surface area contributed by atoms with Gasteiger partial charge in [0.05, 0.1) is 16.6 Å². The Morgan fingerprint density at radius 3 is 2.25 bits per heavy atom. The van der Waals surface area contributed by atoms with Gasteiger partial charge < -0.3 is 9.47 Å². The number of rotatable bonds is 7. The zero-order valence-corrected chi connectivity index (χ0v) is 18.5. The van der Waals surface area contributed by atoms with Crippen LogP contribution < -0.4 is 11.2 Å². The lowest BCUT2D eigenvalue weighted by molar-refractivity contribution is 0.293. The van der Waals surface area contributed by atoms with Gasteiger partial charge in [0.25, 0.3) is 5.56 Å². The van der Waals surface area contributed by atoms with E-state index in [9.17, 15) is 9.59 Å². The predicted octanol–water partition coefficient (Wildman–Crippen LogP) is 3.20. The van der Waals surface area contributed by atoms with Gasteiger partial charge in [-0.3, -0.25) is 13.9 Å². The van der Waals surface area contributed by atoms with Gasteiger partial charge in [0.2, 0.25) is 0 Å². The van der Waals surface area contributed by atoms with Crippen molar-refractivity contribution in [3.8, 4) is 11.3 Å². The van der Waals surface area contributed by atoms with Crippen LogP contribution in [0.5, 0.6) is 0 Å². The normalized spacial score (nSPS) is 11.6. The second-order valence-electron chi connectivity index (χ2n) is 7.02. The molecule has 0 aliphatic carbocycles. The van der Waals surface area contributed by atoms with E-state index in [4.69, 9.17) is 0 Å². The lowest BCUT2D eigenvalue weighted by atomic mass is 10.1. The van der Waals surface area contributed by atoms with Crippen molar-refractivity contribution in [3.05, 3.63) is 55.8 Å². The highest BCUT2D eigenvalue weighted by Gasteiger charge is 2.19. The summed E-state index contributed by atoms with van der Waals surface area (Å²) >= 11 is 3.47. The summed E-state index contributed by atoms with van der Waals surface area (Å²) in [6.45, 7) is 8.17. The average molecular weight is 447 g/mol. The van der Waals surface area contributed by atoms with Crippen molar-refractivity contribution in [2.75, 3.05) is 19.6 Å². The van der Waals surface area contributed by atoms with Gasteiger partial charge in [-0.15, -0.1) is 0 Å². The van der Waals surface area contributed by atoms with Crippen LogP contribution in [0.25, 0.3) is 22.2 Å². The summed E-state index contributed by atoms with van der Waals surface area (Å²) in [6, 6.07) is 7.95. The van der Waals surface area contributed by atoms with E-state index in [1.807, 2.05) is 30.5 Å². The van der Waals surface area contributed by atoms with Crippen molar-refractivity contribution in [1.82, 2.24) is 18.6 Å². The lowest BCUT2D eigenvalue weighted by Crippen LogP contribution is -2.36. The third-order valence-electron chi connectivity index (χ3n) is 5.40. The smallest absolute Gasteiger partial charge is 0.330 e. The Morgan fingerprint density at radius 1 is 1.00 bits per heavy atom. The maximum absolute atomic E-state index is 13.0. The predicted molar refractivity (Wildman–Crippen MR) is 118 cm³/mol. The first-order valence-electron chi connectivity index (χ1n) is 9.66. The fourth-order valence-electron chi connectivity index (χ4n) is 3.69. The summed E-state index contributed by atoms with van der Waals surface area (Å²) < 4.78 is 5.85. The Bertz CT molecular complexity index is 1090. The summed E-state index contributed by atoms with van der Waals surface area (Å²) in [7, 11) is 3.25. The van der Waals surface area contributed by atoms with Crippen LogP contribution in [-0.2, 0) is 20.6 Å². The molecule has 0 radical (unpaired) electrons. The number of hydrogen-bond donors (Lipinski definition) is 0. The summed E-state index contributed by atoms with van der Waals surface area (Å²) in [5, 5.41) is 0.592. The van der Waals surface area contributed by atoms with Crippen LogP contribution in [0.3, 0.4) is 0 Å². The summed E-state index contributed by atoms with van der Waals surface area (Å²) in [6.07, 6.45) is 2.91. The molecule has 7 heteroatoms. The number of aryl methyl sites for hydroxylation is 2. The van der Waals surface area contributed by atoms with Gasteiger partial charge in [0.1, 0.15) is 0 Å². The number of fused-ring (bicyclic) bond motifs is 1. The highest BCUT2D eigenvalue weighted by Crippen LogP contribution is 2.29. The zero-order valence-electron chi connectivity index (χ0n) is 16.9. The molecule has 2 heterocycles. The van der Waals surface area contributed by atoms with Gasteiger partial charge in [-0.1, -0.05) is 41.9 Å². The van der Waals surface area contributed by atoms with Crippen LogP contribution in [0, 0.1) is 0 Å². The van der Waals surface area contributed by atoms with E-state index in [0.717, 1.165) is 48.3 Å². The quantitative estimate of drug-likeness (QED) is 0.559. The van der Waals surface area contributed by atoms with Gasteiger partial charge in [0, 0.05) is 31.3 Å². The van der Waals surface area contributed by atoms with Crippen molar-refractivity contribution in [2.45, 2.75) is 26.8 Å². The second-order valence-corrected chi connectivity index (χ2v) is 7.94. The molecule has 0 aliphatic rings. The maximum Gasteiger partial charge on any atom is 0.330 e. The van der Waals surface area contributed by atoms with Gasteiger partial charge in [-0.2, -0.15) is 0 Å². The number of aromatic nitrogens is 3. The molecule has 0 spiro atoms. The lowest BCUT2D eigenvalue weighted by Gasteiger charge is -2.18. The molecule has 6 nitrogen and oxygen atoms in total. The highest BCUT2D eigenvalue weighted by molar-refractivity contribution is 9.10. The Balaban J connectivity index is 2.16. The van der Waals surface area contributed by atoms with Crippen LogP contribution in [-0.4, -0.2) is 38.2 Å². The first kappa shape index (κ1) is 20.6. The summed E-state index contributed by atoms with van der Waals surface area (Å²) in [5.74, 6) is 0. The summed E-state index contributed by atoms with van der Waals surface area (Å²) in [4.78, 5) is 27.7. The summed E-state index contributed by atoms with van der Waals surface area (Å²) in [5.41, 5.74) is 1.96. The van der Waals surface area contributed by atoms with Crippen molar-refractivity contribution in [2.24, 2.45) is 14.1 Å². The van der Waals surface area contributed by atoms with E-state index in [-0.39, 0.29) is 11.2 Å². The minimum absolute atomic E-state index is 0.251. The van der Waals surface area contributed by atoms with Crippen molar-refractivity contribution in [1.29, 1.82) is 0 Å². The van der Waals surface area contributed by atoms with Crippen molar-refractivity contribution >= 4 is 26.8 Å². The van der Waals surface area contributed by atoms with Crippen LogP contribution in [0.4, 0.5) is 0 Å². The minimum atomic E-state index is -0.305. The number of halogens is 1. The van der Waals surface area contributed by atoms with E-state index >= 15 is 0 Å². The van der Waals surface area contributed by atoms with Crippen molar-refractivity contribution < 1.29 is 0 Å². The molecule has 0 bridgehead atoms. The number of hydrogen-bond acceptors (Lipinski definition) is 3. The molecule has 3 aromatic rings. The zero-order chi connectivity index (χ0) is 20.4. The molecule has 1 aromatic carbocycles. The molecule has 0 atom stereocenters. The van der Waals surface area contributed by atoms with Crippen LogP contribution in [0.15, 0.2) is 44.5 Å².